The van der Waals surface area contributed by atoms with Crippen LogP contribution < -0.4 is 10.5 Å². The third kappa shape index (κ3) is 2.69. The van der Waals surface area contributed by atoms with Crippen molar-refractivity contribution in [2.24, 2.45) is 11.1 Å². The normalized spacial score (nSPS) is 17.2. The summed E-state index contributed by atoms with van der Waals surface area (Å²) in [6.45, 7) is 3.55. The molecule has 88 valence electrons. The Hall–Kier alpha value is -0.730. The van der Waals surface area contributed by atoms with E-state index in [4.69, 9.17) is 22.1 Å². The van der Waals surface area contributed by atoms with E-state index in [1.165, 1.54) is 12.8 Å². The van der Waals surface area contributed by atoms with Gasteiger partial charge in [-0.05, 0) is 50.4 Å². The summed E-state index contributed by atoms with van der Waals surface area (Å²) in [7, 11) is 0. The highest BCUT2D eigenvalue weighted by Crippen LogP contribution is 2.48. The number of rotatable bonds is 5. The van der Waals surface area contributed by atoms with Crippen molar-refractivity contribution in [1.82, 2.24) is 0 Å². The van der Waals surface area contributed by atoms with Crippen LogP contribution in [0.25, 0.3) is 0 Å². The van der Waals surface area contributed by atoms with Crippen molar-refractivity contribution in [2.75, 3.05) is 13.2 Å². The maximum absolute atomic E-state index is 5.94. The Morgan fingerprint density at radius 2 is 2.19 bits per heavy atom. The molecule has 1 aromatic carbocycles. The fourth-order valence-electron chi connectivity index (χ4n) is 1.91. The minimum Gasteiger partial charge on any atom is -0.493 e. The van der Waals surface area contributed by atoms with Gasteiger partial charge in [-0.3, -0.25) is 0 Å². The van der Waals surface area contributed by atoms with Gasteiger partial charge in [-0.2, -0.15) is 0 Å². The first-order valence-electron chi connectivity index (χ1n) is 5.74. The van der Waals surface area contributed by atoms with Gasteiger partial charge >= 0.3 is 0 Å². The van der Waals surface area contributed by atoms with Crippen LogP contribution in [0.4, 0.5) is 0 Å². The number of hydrogen-bond donors (Lipinski definition) is 1. The molecule has 1 fully saturated rings. The Morgan fingerprint density at radius 1 is 1.44 bits per heavy atom. The average molecular weight is 240 g/mol. The van der Waals surface area contributed by atoms with Crippen LogP contribution in [0.2, 0.25) is 5.02 Å². The smallest absolute Gasteiger partial charge is 0.123 e. The van der Waals surface area contributed by atoms with Crippen LogP contribution in [0.1, 0.15) is 24.8 Å². The van der Waals surface area contributed by atoms with E-state index in [0.717, 1.165) is 35.9 Å². The average Bonchev–Trinajstić information content (AvgIpc) is 3.01. The van der Waals surface area contributed by atoms with Gasteiger partial charge in [0.05, 0.1) is 6.61 Å². The Morgan fingerprint density at radius 3 is 2.81 bits per heavy atom. The molecule has 1 saturated carbocycles. The van der Waals surface area contributed by atoms with Gasteiger partial charge in [0, 0.05) is 10.4 Å². The molecule has 0 aromatic heterocycles. The zero-order chi connectivity index (χ0) is 11.6. The second-order valence-corrected chi connectivity index (χ2v) is 5.17. The molecule has 2 rings (SSSR count). The van der Waals surface area contributed by atoms with Crippen LogP contribution in [0, 0.1) is 12.3 Å². The number of halogens is 1. The second-order valence-electron chi connectivity index (χ2n) is 4.74. The van der Waals surface area contributed by atoms with Crippen molar-refractivity contribution in [3.05, 3.63) is 28.8 Å². The molecule has 0 heterocycles. The first-order chi connectivity index (χ1) is 7.65. The van der Waals surface area contributed by atoms with E-state index in [2.05, 4.69) is 0 Å². The van der Waals surface area contributed by atoms with E-state index >= 15 is 0 Å². The summed E-state index contributed by atoms with van der Waals surface area (Å²) >= 11 is 5.94. The molecule has 0 saturated heterocycles. The van der Waals surface area contributed by atoms with Gasteiger partial charge in [-0.1, -0.05) is 17.7 Å². The van der Waals surface area contributed by atoms with Crippen LogP contribution >= 0.6 is 11.6 Å². The van der Waals surface area contributed by atoms with E-state index in [9.17, 15) is 0 Å². The maximum atomic E-state index is 5.94. The molecule has 2 nitrogen and oxygen atoms in total. The standard InChI is InChI=1S/C13H18ClNO/c1-10-2-3-11(14)8-12(10)16-9-13(4-5-13)6-7-15/h2-3,8H,4-7,9,15H2,1H3. The van der Waals surface area contributed by atoms with E-state index in [1.807, 2.05) is 25.1 Å². The highest BCUT2D eigenvalue weighted by Gasteiger charge is 2.42. The molecule has 0 atom stereocenters. The van der Waals surface area contributed by atoms with Crippen LogP contribution in [0.3, 0.4) is 0 Å². The molecule has 0 bridgehead atoms. The fourth-order valence-corrected chi connectivity index (χ4v) is 2.07. The van der Waals surface area contributed by atoms with Gasteiger partial charge in [0.1, 0.15) is 5.75 Å². The molecule has 2 N–H and O–H groups in total. The number of benzene rings is 1. The van der Waals surface area contributed by atoms with Gasteiger partial charge in [0.25, 0.3) is 0 Å². The van der Waals surface area contributed by atoms with E-state index in [-0.39, 0.29) is 0 Å². The van der Waals surface area contributed by atoms with Crippen LogP contribution in [-0.2, 0) is 0 Å². The Labute approximate surface area is 102 Å². The Bertz CT molecular complexity index is 374. The van der Waals surface area contributed by atoms with Crippen molar-refractivity contribution in [3.8, 4) is 5.75 Å². The lowest BCUT2D eigenvalue weighted by Gasteiger charge is -2.16. The molecular weight excluding hydrogens is 222 g/mol. The van der Waals surface area contributed by atoms with Crippen LogP contribution in [0.15, 0.2) is 18.2 Å². The van der Waals surface area contributed by atoms with Gasteiger partial charge in [0.15, 0.2) is 0 Å². The molecule has 0 aliphatic heterocycles. The van der Waals surface area contributed by atoms with Crippen molar-refractivity contribution in [2.45, 2.75) is 26.2 Å². The van der Waals surface area contributed by atoms with Crippen molar-refractivity contribution in [1.29, 1.82) is 0 Å². The molecular formula is C13H18ClNO. The summed E-state index contributed by atoms with van der Waals surface area (Å²) in [5, 5.41) is 0.726. The number of aryl methyl sites for hydroxylation is 1. The molecule has 3 heteroatoms. The summed E-state index contributed by atoms with van der Waals surface area (Å²) in [5.74, 6) is 0.899. The molecule has 1 aliphatic carbocycles. The Kier molecular flexibility index (Phi) is 3.41. The quantitative estimate of drug-likeness (QED) is 0.857. The van der Waals surface area contributed by atoms with E-state index in [1.54, 1.807) is 0 Å². The minimum absolute atomic E-state index is 0.351. The molecule has 0 spiro atoms. The zero-order valence-electron chi connectivity index (χ0n) is 9.63. The first-order valence-corrected chi connectivity index (χ1v) is 6.12. The molecule has 16 heavy (non-hydrogen) atoms. The van der Waals surface area contributed by atoms with Gasteiger partial charge in [0.2, 0.25) is 0 Å². The summed E-state index contributed by atoms with van der Waals surface area (Å²) in [4.78, 5) is 0. The Balaban J connectivity index is 1.97. The molecule has 0 unspecified atom stereocenters. The van der Waals surface area contributed by atoms with Crippen molar-refractivity contribution in [3.63, 3.8) is 0 Å². The van der Waals surface area contributed by atoms with Gasteiger partial charge in [-0.15, -0.1) is 0 Å². The van der Waals surface area contributed by atoms with Crippen LogP contribution in [-0.4, -0.2) is 13.2 Å². The summed E-state index contributed by atoms with van der Waals surface area (Å²) in [5.41, 5.74) is 7.08. The van der Waals surface area contributed by atoms with E-state index in [0.29, 0.717) is 5.41 Å². The van der Waals surface area contributed by atoms with Crippen molar-refractivity contribution < 1.29 is 4.74 Å². The zero-order valence-corrected chi connectivity index (χ0v) is 10.4. The molecule has 1 aromatic rings. The highest BCUT2D eigenvalue weighted by atomic mass is 35.5. The fraction of sp³-hybridized carbons (Fsp3) is 0.538. The number of nitrogens with two attached hydrogens (primary N) is 1. The van der Waals surface area contributed by atoms with Crippen LogP contribution in [0.5, 0.6) is 5.75 Å². The molecule has 0 radical (unpaired) electrons. The third-order valence-electron chi connectivity index (χ3n) is 3.32. The largest absolute Gasteiger partial charge is 0.493 e. The minimum atomic E-state index is 0.351. The third-order valence-corrected chi connectivity index (χ3v) is 3.55. The van der Waals surface area contributed by atoms with E-state index < -0.39 is 0 Å². The topological polar surface area (TPSA) is 35.2 Å². The predicted molar refractivity (Wildman–Crippen MR) is 67.0 cm³/mol. The lowest BCUT2D eigenvalue weighted by molar-refractivity contribution is 0.226. The number of ether oxygens (including phenoxy) is 1. The lowest BCUT2D eigenvalue weighted by Crippen LogP contribution is -2.17. The highest BCUT2D eigenvalue weighted by molar-refractivity contribution is 6.30. The SMILES string of the molecule is Cc1ccc(Cl)cc1OCC1(CCN)CC1. The predicted octanol–water partition coefficient (Wildman–Crippen LogP) is 3.16. The number of hydrogen-bond acceptors (Lipinski definition) is 2. The van der Waals surface area contributed by atoms with Crippen molar-refractivity contribution >= 4 is 11.6 Å². The summed E-state index contributed by atoms with van der Waals surface area (Å²) in [6, 6.07) is 5.76. The van der Waals surface area contributed by atoms with Gasteiger partial charge < -0.3 is 10.5 Å². The maximum Gasteiger partial charge on any atom is 0.123 e. The summed E-state index contributed by atoms with van der Waals surface area (Å²) in [6.07, 6.45) is 3.54. The molecule has 1 aliphatic rings. The summed E-state index contributed by atoms with van der Waals surface area (Å²) < 4.78 is 5.86. The lowest BCUT2D eigenvalue weighted by atomic mass is 10.0. The molecule has 0 amide bonds. The first kappa shape index (κ1) is 11.7. The second kappa shape index (κ2) is 4.64. The van der Waals surface area contributed by atoms with Gasteiger partial charge in [-0.25, -0.2) is 0 Å². The monoisotopic (exact) mass is 239 g/mol.